The number of nitrogens with one attached hydrogen (secondary N) is 1. The summed E-state index contributed by atoms with van der Waals surface area (Å²) in [6.07, 6.45) is 0.447. The Morgan fingerprint density at radius 3 is 2.94 bits per heavy atom. The van der Waals surface area contributed by atoms with Gasteiger partial charge in [0.05, 0.1) is 12.1 Å². The molecule has 1 aliphatic heterocycles. The van der Waals surface area contributed by atoms with Crippen LogP contribution in [0.25, 0.3) is 0 Å². The van der Waals surface area contributed by atoms with Crippen molar-refractivity contribution in [2.45, 2.75) is 38.3 Å². The van der Waals surface area contributed by atoms with Gasteiger partial charge in [-0.2, -0.15) is 0 Å². The summed E-state index contributed by atoms with van der Waals surface area (Å²) >= 11 is 0. The van der Waals surface area contributed by atoms with Crippen molar-refractivity contribution in [3.05, 3.63) is 0 Å². The molecule has 0 aromatic carbocycles. The zero-order valence-electron chi connectivity index (χ0n) is 9.69. The van der Waals surface area contributed by atoms with E-state index in [4.69, 9.17) is 12.6 Å². The fraction of sp³-hybridized carbons (Fsp3) is 0.800. The Bertz CT molecular complexity index is 296. The molecule has 1 heterocycles. The summed E-state index contributed by atoms with van der Waals surface area (Å²) in [7, 11) is 5.10. The number of rotatable bonds is 5. The standard InChI is InChI=1S/C10H17BN2O3/c1-3-4-10(2,13-9(11)15)7(14)8-12-5-6-16-8/h7,14H,3-6H2,1-2H3,(H,13,15). The number of hydrogen-bond donors (Lipinski definition) is 2. The molecule has 0 fully saturated rings. The third-order valence-electron chi connectivity index (χ3n) is 2.62. The Kier molecular flexibility index (Phi) is 4.35. The Morgan fingerprint density at radius 1 is 1.81 bits per heavy atom. The second kappa shape index (κ2) is 5.34. The third-order valence-corrected chi connectivity index (χ3v) is 2.62. The minimum Gasteiger partial charge on any atom is -0.477 e. The van der Waals surface area contributed by atoms with E-state index in [9.17, 15) is 9.90 Å². The van der Waals surface area contributed by atoms with Gasteiger partial charge in [0.15, 0.2) is 11.9 Å². The average molecular weight is 224 g/mol. The molecule has 2 radical (unpaired) electrons. The van der Waals surface area contributed by atoms with Crippen LogP contribution in [0.5, 0.6) is 0 Å². The lowest BCUT2D eigenvalue weighted by molar-refractivity contribution is 0.104. The molecule has 0 spiro atoms. The molecule has 1 rings (SSSR count). The molecule has 0 saturated heterocycles. The Labute approximate surface area is 96.7 Å². The monoisotopic (exact) mass is 224 g/mol. The molecule has 0 bridgehead atoms. The summed E-state index contributed by atoms with van der Waals surface area (Å²) in [6.45, 7) is 4.72. The van der Waals surface area contributed by atoms with Gasteiger partial charge < -0.3 is 15.2 Å². The summed E-state index contributed by atoms with van der Waals surface area (Å²) in [5, 5.41) is 12.7. The Morgan fingerprint density at radius 2 is 2.50 bits per heavy atom. The SMILES string of the molecule is [B]C(=O)NC(C)(CCC)C(O)C1=NCCO1. The lowest BCUT2D eigenvalue weighted by Gasteiger charge is -2.34. The molecule has 0 aromatic rings. The van der Waals surface area contributed by atoms with Gasteiger partial charge >= 0.3 is 0 Å². The summed E-state index contributed by atoms with van der Waals surface area (Å²) in [5.41, 5.74) is -0.830. The van der Waals surface area contributed by atoms with Crippen molar-refractivity contribution < 1.29 is 14.6 Å². The first-order valence-corrected chi connectivity index (χ1v) is 5.42. The number of ether oxygens (including phenoxy) is 1. The van der Waals surface area contributed by atoms with Crippen molar-refractivity contribution in [1.29, 1.82) is 0 Å². The highest BCUT2D eigenvalue weighted by atomic mass is 16.5. The zero-order chi connectivity index (χ0) is 12.2. The van der Waals surface area contributed by atoms with Crippen LogP contribution in [-0.4, -0.2) is 49.5 Å². The van der Waals surface area contributed by atoms with Crippen molar-refractivity contribution in [2.24, 2.45) is 4.99 Å². The molecule has 0 saturated carbocycles. The van der Waals surface area contributed by atoms with Gasteiger partial charge in [-0.05, 0) is 13.3 Å². The van der Waals surface area contributed by atoms with Crippen LogP contribution >= 0.6 is 0 Å². The summed E-state index contributed by atoms with van der Waals surface area (Å²) in [4.78, 5) is 15.0. The lowest BCUT2D eigenvalue weighted by atomic mass is 9.87. The van der Waals surface area contributed by atoms with Crippen molar-refractivity contribution in [3.8, 4) is 0 Å². The number of carbonyl (C=O) groups excluding carboxylic acids is 1. The van der Waals surface area contributed by atoms with Crippen LogP contribution in [0.3, 0.4) is 0 Å². The average Bonchev–Trinajstić information content (AvgIpc) is 2.68. The van der Waals surface area contributed by atoms with Crippen LogP contribution in [0.4, 0.5) is 4.79 Å². The molecular formula is C10H17BN2O3. The van der Waals surface area contributed by atoms with Crippen molar-refractivity contribution >= 4 is 19.6 Å². The maximum atomic E-state index is 10.9. The van der Waals surface area contributed by atoms with Gasteiger partial charge in [0.25, 0.3) is 0 Å². The normalized spacial score (nSPS) is 20.6. The predicted octanol–water partition coefficient (Wildman–Crippen LogP) is 0.213. The van der Waals surface area contributed by atoms with E-state index in [1.165, 1.54) is 0 Å². The number of aliphatic imine (C=N–C) groups is 1. The molecule has 88 valence electrons. The van der Waals surface area contributed by atoms with E-state index in [2.05, 4.69) is 10.3 Å². The predicted molar refractivity (Wildman–Crippen MR) is 61.9 cm³/mol. The van der Waals surface area contributed by atoms with Gasteiger partial charge in [0.1, 0.15) is 6.61 Å². The molecule has 1 amide bonds. The van der Waals surface area contributed by atoms with E-state index in [1.807, 2.05) is 6.92 Å². The molecular weight excluding hydrogens is 207 g/mol. The molecule has 0 aliphatic carbocycles. The first-order chi connectivity index (χ1) is 7.49. The van der Waals surface area contributed by atoms with E-state index in [0.717, 1.165) is 6.42 Å². The number of amides is 1. The van der Waals surface area contributed by atoms with E-state index in [-0.39, 0.29) is 5.90 Å². The fourth-order valence-corrected chi connectivity index (χ4v) is 1.86. The van der Waals surface area contributed by atoms with E-state index in [1.54, 1.807) is 6.92 Å². The van der Waals surface area contributed by atoms with Gasteiger partial charge in [-0.15, -0.1) is 0 Å². The fourth-order valence-electron chi connectivity index (χ4n) is 1.86. The highest BCUT2D eigenvalue weighted by Gasteiger charge is 2.38. The topological polar surface area (TPSA) is 70.9 Å². The molecule has 2 unspecified atom stereocenters. The molecule has 16 heavy (non-hydrogen) atoms. The molecule has 0 aromatic heterocycles. The Balaban J connectivity index is 2.78. The molecule has 2 N–H and O–H groups in total. The molecule has 2 atom stereocenters. The van der Waals surface area contributed by atoms with Crippen LogP contribution in [0.1, 0.15) is 26.7 Å². The highest BCUT2D eigenvalue weighted by Crippen LogP contribution is 2.20. The number of aliphatic hydroxyl groups excluding tert-OH is 1. The van der Waals surface area contributed by atoms with Gasteiger partial charge in [0, 0.05) is 0 Å². The lowest BCUT2D eigenvalue weighted by Crippen LogP contribution is -2.57. The highest BCUT2D eigenvalue weighted by molar-refractivity contribution is 6.57. The number of hydrogen-bond acceptors (Lipinski definition) is 4. The number of nitrogens with zero attached hydrogens (tertiary/aromatic N) is 1. The first kappa shape index (κ1) is 13.0. The van der Waals surface area contributed by atoms with E-state index < -0.39 is 17.4 Å². The van der Waals surface area contributed by atoms with Crippen LogP contribution in [0, 0.1) is 0 Å². The van der Waals surface area contributed by atoms with Gasteiger partial charge in [0.2, 0.25) is 13.7 Å². The van der Waals surface area contributed by atoms with Crippen LogP contribution in [0.2, 0.25) is 0 Å². The minimum atomic E-state index is -0.956. The van der Waals surface area contributed by atoms with Crippen LogP contribution in [0.15, 0.2) is 4.99 Å². The largest absolute Gasteiger partial charge is 0.477 e. The van der Waals surface area contributed by atoms with Crippen LogP contribution in [-0.2, 0) is 4.74 Å². The second-order valence-electron chi connectivity index (χ2n) is 4.13. The Hall–Kier alpha value is -1.04. The maximum Gasteiger partial charge on any atom is 0.215 e. The quantitative estimate of drug-likeness (QED) is 0.656. The summed E-state index contributed by atoms with van der Waals surface area (Å²) < 4.78 is 5.20. The second-order valence-corrected chi connectivity index (χ2v) is 4.13. The van der Waals surface area contributed by atoms with E-state index in [0.29, 0.717) is 19.6 Å². The van der Waals surface area contributed by atoms with Crippen molar-refractivity contribution in [3.63, 3.8) is 0 Å². The minimum absolute atomic E-state index is 0.282. The first-order valence-electron chi connectivity index (χ1n) is 5.42. The maximum absolute atomic E-state index is 10.9. The molecule has 5 nitrogen and oxygen atoms in total. The number of aliphatic hydroxyl groups is 1. The molecule has 6 heteroatoms. The number of carbonyl (C=O) groups is 1. The van der Waals surface area contributed by atoms with Crippen molar-refractivity contribution in [2.75, 3.05) is 13.2 Å². The van der Waals surface area contributed by atoms with Crippen LogP contribution < -0.4 is 5.32 Å². The third kappa shape index (κ3) is 2.98. The van der Waals surface area contributed by atoms with Gasteiger partial charge in [-0.3, -0.25) is 4.79 Å². The van der Waals surface area contributed by atoms with E-state index >= 15 is 0 Å². The van der Waals surface area contributed by atoms with Gasteiger partial charge in [-0.1, -0.05) is 13.3 Å². The van der Waals surface area contributed by atoms with Gasteiger partial charge in [-0.25, -0.2) is 4.99 Å². The molecule has 1 aliphatic rings. The van der Waals surface area contributed by atoms with Crippen molar-refractivity contribution in [1.82, 2.24) is 5.32 Å². The zero-order valence-corrected chi connectivity index (χ0v) is 9.69. The summed E-state index contributed by atoms with van der Waals surface area (Å²) in [5.74, 6) is -0.377. The summed E-state index contributed by atoms with van der Waals surface area (Å²) in [6, 6.07) is 0. The smallest absolute Gasteiger partial charge is 0.215 e.